The Kier molecular flexibility index (Phi) is 11.6. The number of esters is 1. The highest BCUT2D eigenvalue weighted by Gasteiger charge is 2.19. The second-order valence-electron chi connectivity index (χ2n) is 7.78. The molecule has 0 saturated heterocycles. The van der Waals surface area contributed by atoms with Gasteiger partial charge in [-0.3, -0.25) is 14.5 Å². The predicted octanol–water partition coefficient (Wildman–Crippen LogP) is 3.41. The second kappa shape index (κ2) is 13.1. The molecule has 1 atom stereocenters. The first kappa shape index (κ1) is 25.7. The van der Waals surface area contributed by atoms with Crippen LogP contribution in [-0.2, 0) is 23.0 Å². The number of hydrogen-bond donors (Lipinski definition) is 2. The van der Waals surface area contributed by atoms with Gasteiger partial charge in [-0.15, -0.1) is 24.0 Å². The minimum Gasteiger partial charge on any atom is -0.462 e. The van der Waals surface area contributed by atoms with E-state index >= 15 is 0 Å². The van der Waals surface area contributed by atoms with Gasteiger partial charge in [0.1, 0.15) is 6.10 Å². The van der Waals surface area contributed by atoms with Crippen LogP contribution in [0.25, 0.3) is 0 Å². The van der Waals surface area contributed by atoms with Gasteiger partial charge in [-0.05, 0) is 71.8 Å². The van der Waals surface area contributed by atoms with Crippen molar-refractivity contribution in [3.05, 3.63) is 17.0 Å². The maximum absolute atomic E-state index is 11.9. The van der Waals surface area contributed by atoms with Crippen molar-refractivity contribution in [2.75, 3.05) is 13.1 Å². The van der Waals surface area contributed by atoms with Crippen molar-refractivity contribution >= 4 is 35.9 Å². The van der Waals surface area contributed by atoms with E-state index in [2.05, 4.69) is 48.4 Å². The number of carbonyl (C=O) groups is 1. The number of halogens is 1. The molecule has 8 heteroatoms. The molecular formula is C21H38IN5O2. The number of guanidine groups is 1. The van der Waals surface area contributed by atoms with Gasteiger partial charge in [0.05, 0.1) is 5.69 Å². The summed E-state index contributed by atoms with van der Waals surface area (Å²) in [7, 11) is 1.98. The fourth-order valence-corrected chi connectivity index (χ4v) is 3.69. The number of ether oxygens (including phenoxy) is 1. The SMILES string of the molecule is CCNC(=NCCCC(=O)OC1CCCC1)NC(C)Cc1c(C)nn(C)c1C.I. The number of aliphatic imine (C=N–C) groups is 1. The van der Waals surface area contributed by atoms with Crippen LogP contribution in [0.2, 0.25) is 0 Å². The number of aromatic nitrogens is 2. The van der Waals surface area contributed by atoms with Crippen LogP contribution in [0.1, 0.15) is 69.3 Å². The fraction of sp³-hybridized carbons (Fsp3) is 0.762. The summed E-state index contributed by atoms with van der Waals surface area (Å²) in [5.41, 5.74) is 3.57. The lowest BCUT2D eigenvalue weighted by atomic mass is 10.1. The first-order valence-electron chi connectivity index (χ1n) is 10.6. The Morgan fingerprint density at radius 1 is 1.34 bits per heavy atom. The highest BCUT2D eigenvalue weighted by molar-refractivity contribution is 14.0. The van der Waals surface area contributed by atoms with Gasteiger partial charge in [0.2, 0.25) is 0 Å². The smallest absolute Gasteiger partial charge is 0.306 e. The van der Waals surface area contributed by atoms with Crippen molar-refractivity contribution < 1.29 is 9.53 Å². The number of carbonyl (C=O) groups excluding carboxylic acids is 1. The summed E-state index contributed by atoms with van der Waals surface area (Å²) in [6.45, 7) is 9.76. The Hall–Kier alpha value is -1.32. The zero-order valence-corrected chi connectivity index (χ0v) is 20.9. The third-order valence-corrected chi connectivity index (χ3v) is 5.31. The molecule has 0 radical (unpaired) electrons. The van der Waals surface area contributed by atoms with Gasteiger partial charge < -0.3 is 15.4 Å². The van der Waals surface area contributed by atoms with Crippen molar-refractivity contribution in [3.63, 3.8) is 0 Å². The maximum atomic E-state index is 11.9. The molecule has 1 aliphatic rings. The summed E-state index contributed by atoms with van der Waals surface area (Å²) in [6.07, 6.45) is 6.57. The standard InChI is InChI=1S/C21H37N5O2.HI/c1-6-22-21(23-13-9-12-20(27)28-18-10-7-8-11-18)24-15(2)14-19-16(3)25-26(5)17(19)4;/h15,18H,6-14H2,1-5H3,(H2,22,23,24);1H. The molecule has 1 heterocycles. The molecule has 2 rings (SSSR count). The van der Waals surface area contributed by atoms with Gasteiger partial charge in [0.25, 0.3) is 0 Å². The molecule has 0 spiro atoms. The summed E-state index contributed by atoms with van der Waals surface area (Å²) >= 11 is 0. The maximum Gasteiger partial charge on any atom is 0.306 e. The molecule has 166 valence electrons. The van der Waals surface area contributed by atoms with Crippen LogP contribution < -0.4 is 10.6 Å². The van der Waals surface area contributed by atoms with Gasteiger partial charge in [0.15, 0.2) is 5.96 Å². The lowest BCUT2D eigenvalue weighted by molar-refractivity contribution is -0.148. The molecule has 1 aliphatic carbocycles. The van der Waals surface area contributed by atoms with Crippen molar-refractivity contribution in [3.8, 4) is 0 Å². The van der Waals surface area contributed by atoms with E-state index in [-0.39, 0.29) is 42.1 Å². The van der Waals surface area contributed by atoms with Crippen LogP contribution >= 0.6 is 24.0 Å². The highest BCUT2D eigenvalue weighted by Crippen LogP contribution is 2.21. The number of hydrogen-bond acceptors (Lipinski definition) is 4. The molecule has 0 amide bonds. The summed E-state index contributed by atoms with van der Waals surface area (Å²) in [5, 5.41) is 11.2. The fourth-order valence-electron chi connectivity index (χ4n) is 3.69. The van der Waals surface area contributed by atoms with E-state index in [1.807, 2.05) is 11.7 Å². The van der Waals surface area contributed by atoms with Crippen LogP contribution in [0, 0.1) is 13.8 Å². The van der Waals surface area contributed by atoms with Gasteiger partial charge in [-0.1, -0.05) is 0 Å². The van der Waals surface area contributed by atoms with Gasteiger partial charge >= 0.3 is 5.97 Å². The Bertz CT molecular complexity index is 668. The van der Waals surface area contributed by atoms with E-state index in [1.54, 1.807) is 0 Å². The van der Waals surface area contributed by atoms with Crippen molar-refractivity contribution in [1.29, 1.82) is 0 Å². The average Bonchev–Trinajstić information content (AvgIpc) is 3.22. The summed E-state index contributed by atoms with van der Waals surface area (Å²) < 4.78 is 7.43. The first-order chi connectivity index (χ1) is 13.4. The summed E-state index contributed by atoms with van der Waals surface area (Å²) in [5.74, 6) is 0.703. The zero-order valence-electron chi connectivity index (χ0n) is 18.6. The Morgan fingerprint density at radius 3 is 2.62 bits per heavy atom. The third kappa shape index (κ3) is 8.52. The van der Waals surface area contributed by atoms with Gasteiger partial charge in [0, 0.05) is 38.3 Å². The zero-order chi connectivity index (χ0) is 20.5. The van der Waals surface area contributed by atoms with E-state index in [0.29, 0.717) is 19.4 Å². The molecule has 1 unspecified atom stereocenters. The van der Waals surface area contributed by atoms with Crippen LogP contribution in [0.4, 0.5) is 0 Å². The molecule has 0 aromatic carbocycles. The molecule has 2 N–H and O–H groups in total. The normalized spacial score (nSPS) is 15.7. The summed E-state index contributed by atoms with van der Waals surface area (Å²) in [4.78, 5) is 16.5. The quantitative estimate of drug-likeness (QED) is 0.172. The Labute approximate surface area is 192 Å². The van der Waals surface area contributed by atoms with E-state index in [1.165, 1.54) is 24.1 Å². The Balaban J connectivity index is 0.00000420. The van der Waals surface area contributed by atoms with Crippen LogP contribution in [0.15, 0.2) is 4.99 Å². The van der Waals surface area contributed by atoms with E-state index in [0.717, 1.165) is 37.5 Å². The second-order valence-corrected chi connectivity index (χ2v) is 7.78. The number of nitrogens with one attached hydrogen (secondary N) is 2. The molecule has 1 aromatic heterocycles. The molecule has 0 bridgehead atoms. The lowest BCUT2D eigenvalue weighted by Crippen LogP contribution is -2.43. The predicted molar refractivity (Wildman–Crippen MR) is 128 cm³/mol. The van der Waals surface area contributed by atoms with Crippen molar-refractivity contribution in [1.82, 2.24) is 20.4 Å². The van der Waals surface area contributed by atoms with Gasteiger partial charge in [-0.2, -0.15) is 5.10 Å². The largest absolute Gasteiger partial charge is 0.462 e. The molecule has 7 nitrogen and oxygen atoms in total. The highest BCUT2D eigenvalue weighted by atomic mass is 127. The molecule has 1 saturated carbocycles. The van der Waals surface area contributed by atoms with Crippen LogP contribution in [0.5, 0.6) is 0 Å². The lowest BCUT2D eigenvalue weighted by Gasteiger charge is -2.18. The number of aryl methyl sites for hydroxylation is 2. The van der Waals surface area contributed by atoms with Crippen molar-refractivity contribution in [2.24, 2.45) is 12.0 Å². The topological polar surface area (TPSA) is 80.5 Å². The van der Waals surface area contributed by atoms with E-state index in [9.17, 15) is 4.79 Å². The number of nitrogens with zero attached hydrogens (tertiary/aromatic N) is 3. The first-order valence-corrected chi connectivity index (χ1v) is 10.6. The summed E-state index contributed by atoms with van der Waals surface area (Å²) in [6, 6.07) is 0.228. The minimum atomic E-state index is -0.0871. The van der Waals surface area contributed by atoms with Crippen LogP contribution in [-0.4, -0.2) is 46.9 Å². The Morgan fingerprint density at radius 2 is 2.03 bits per heavy atom. The average molecular weight is 519 g/mol. The molecule has 0 aliphatic heterocycles. The molecule has 29 heavy (non-hydrogen) atoms. The molecule has 1 aromatic rings. The van der Waals surface area contributed by atoms with Crippen LogP contribution in [0.3, 0.4) is 0 Å². The molecular weight excluding hydrogens is 481 g/mol. The van der Waals surface area contributed by atoms with Crippen molar-refractivity contribution in [2.45, 2.75) is 84.8 Å². The third-order valence-electron chi connectivity index (χ3n) is 5.31. The monoisotopic (exact) mass is 519 g/mol. The van der Waals surface area contributed by atoms with Gasteiger partial charge in [-0.25, -0.2) is 0 Å². The van der Waals surface area contributed by atoms with E-state index < -0.39 is 0 Å². The minimum absolute atomic E-state index is 0. The molecule has 1 fully saturated rings. The number of rotatable bonds is 9. The van der Waals surface area contributed by atoms with E-state index in [4.69, 9.17) is 4.74 Å².